The monoisotopic (exact) mass is 390 g/mol. The van der Waals surface area contributed by atoms with E-state index >= 15 is 0 Å². The Morgan fingerprint density at radius 2 is 1.90 bits per heavy atom. The van der Waals surface area contributed by atoms with E-state index in [1.54, 1.807) is 19.2 Å². The lowest BCUT2D eigenvalue weighted by Gasteiger charge is -2.15. The third-order valence-electron chi connectivity index (χ3n) is 4.93. The van der Waals surface area contributed by atoms with E-state index in [2.05, 4.69) is 16.7 Å². The zero-order chi connectivity index (χ0) is 20.5. The van der Waals surface area contributed by atoms with Gasteiger partial charge >= 0.3 is 6.03 Å². The summed E-state index contributed by atoms with van der Waals surface area (Å²) in [6.45, 7) is 4.17. The second kappa shape index (κ2) is 7.43. The van der Waals surface area contributed by atoms with Crippen LogP contribution in [0.4, 0.5) is 9.18 Å². The molecule has 29 heavy (non-hydrogen) atoms. The summed E-state index contributed by atoms with van der Waals surface area (Å²) >= 11 is 0. The first-order valence-corrected chi connectivity index (χ1v) is 9.12. The van der Waals surface area contributed by atoms with Crippen LogP contribution < -0.4 is 0 Å². The summed E-state index contributed by atoms with van der Waals surface area (Å²) in [7, 11) is 1.60. The molecule has 0 aliphatic carbocycles. The number of carbonyl (C=O) groups excluding carboxylic acids is 2. The Balaban J connectivity index is 1.77. The molecule has 4 rings (SSSR count). The van der Waals surface area contributed by atoms with Gasteiger partial charge in [-0.2, -0.15) is 0 Å². The molecule has 6 nitrogen and oxygen atoms in total. The van der Waals surface area contributed by atoms with Gasteiger partial charge in [0.2, 0.25) is 0 Å². The average Bonchev–Trinajstić information content (AvgIpc) is 2.94. The topological polar surface area (TPSA) is 65.9 Å². The van der Waals surface area contributed by atoms with E-state index in [1.165, 1.54) is 21.9 Å². The number of hydrogen-bond acceptors (Lipinski definition) is 4. The predicted molar refractivity (Wildman–Crippen MR) is 109 cm³/mol. The average molecular weight is 390 g/mol. The Kier molecular flexibility index (Phi) is 4.80. The number of aliphatic imine (C=N–C) groups is 1. The molecule has 1 aromatic heterocycles. The Bertz CT molecular complexity index is 1130. The van der Waals surface area contributed by atoms with Crippen molar-refractivity contribution < 1.29 is 14.0 Å². The van der Waals surface area contributed by atoms with E-state index < -0.39 is 0 Å². The van der Waals surface area contributed by atoms with Crippen LogP contribution in [0.1, 0.15) is 11.3 Å². The van der Waals surface area contributed by atoms with E-state index in [-0.39, 0.29) is 30.8 Å². The number of hydrogen-bond donors (Lipinski definition) is 0. The van der Waals surface area contributed by atoms with Crippen molar-refractivity contribution in [2.45, 2.75) is 13.1 Å². The second-order valence-corrected chi connectivity index (χ2v) is 7.02. The summed E-state index contributed by atoms with van der Waals surface area (Å²) in [5, 5.41) is 0.893. The molecule has 0 saturated carbocycles. The number of amides is 3. The molecule has 0 unspecified atom stereocenters. The second-order valence-electron chi connectivity index (χ2n) is 7.02. The molecule has 1 aliphatic heterocycles. The van der Waals surface area contributed by atoms with Crippen molar-refractivity contribution in [2.24, 2.45) is 4.99 Å². The number of fused-ring (bicyclic) bond motifs is 1. The summed E-state index contributed by atoms with van der Waals surface area (Å²) in [6.07, 6.45) is 0. The van der Waals surface area contributed by atoms with Gasteiger partial charge in [-0.3, -0.25) is 19.7 Å². The van der Waals surface area contributed by atoms with E-state index in [9.17, 15) is 14.0 Å². The van der Waals surface area contributed by atoms with Gasteiger partial charge in [0.05, 0.1) is 24.3 Å². The number of pyridine rings is 1. The minimum Gasteiger partial charge on any atom is -0.318 e. The number of imide groups is 1. The lowest BCUT2D eigenvalue weighted by molar-refractivity contribution is -0.125. The zero-order valence-electron chi connectivity index (χ0n) is 15.9. The highest BCUT2D eigenvalue weighted by Crippen LogP contribution is 2.30. The number of carbonyl (C=O) groups is 2. The summed E-state index contributed by atoms with van der Waals surface area (Å²) in [5.74, 6) is -0.519. The van der Waals surface area contributed by atoms with Crippen LogP contribution in [0.25, 0.3) is 22.0 Å². The standard InChI is InChI=1S/C22H19FN4O2/c1-24-11-17-10-19(15-4-6-16(23)7-5-15)18-8-3-14(9-20(18)25-17)12-27-21(28)13-26(2)22(27)29/h3-10H,1,11-13H2,2H3. The van der Waals surface area contributed by atoms with E-state index in [0.717, 1.165) is 33.3 Å². The molecule has 0 spiro atoms. The van der Waals surface area contributed by atoms with Crippen molar-refractivity contribution in [1.29, 1.82) is 0 Å². The molecule has 1 aliphatic rings. The largest absolute Gasteiger partial charge is 0.327 e. The van der Waals surface area contributed by atoms with E-state index in [4.69, 9.17) is 0 Å². The fourth-order valence-electron chi connectivity index (χ4n) is 3.50. The molecule has 0 radical (unpaired) electrons. The van der Waals surface area contributed by atoms with Crippen LogP contribution in [0.15, 0.2) is 53.5 Å². The van der Waals surface area contributed by atoms with Crippen LogP contribution >= 0.6 is 0 Å². The first-order valence-electron chi connectivity index (χ1n) is 9.12. The maximum Gasteiger partial charge on any atom is 0.327 e. The van der Waals surface area contributed by atoms with Crippen molar-refractivity contribution in [3.8, 4) is 11.1 Å². The normalized spacial score (nSPS) is 14.1. The summed E-state index contributed by atoms with van der Waals surface area (Å²) in [6, 6.07) is 13.6. The maximum absolute atomic E-state index is 13.4. The Morgan fingerprint density at radius 1 is 1.14 bits per heavy atom. The summed E-state index contributed by atoms with van der Waals surface area (Å²) in [4.78, 5) is 35.4. The quantitative estimate of drug-likeness (QED) is 0.494. The number of aromatic nitrogens is 1. The molecule has 146 valence electrons. The van der Waals surface area contributed by atoms with Gasteiger partial charge in [-0.1, -0.05) is 24.3 Å². The Labute approximate surface area is 167 Å². The molecule has 2 aromatic carbocycles. The van der Waals surface area contributed by atoms with Crippen LogP contribution in [0.5, 0.6) is 0 Å². The van der Waals surface area contributed by atoms with Gasteiger partial charge in [-0.05, 0) is 47.7 Å². The van der Waals surface area contributed by atoms with E-state index in [1.807, 2.05) is 24.3 Å². The van der Waals surface area contributed by atoms with Crippen molar-refractivity contribution in [2.75, 3.05) is 13.6 Å². The van der Waals surface area contributed by atoms with Crippen molar-refractivity contribution in [3.05, 3.63) is 65.6 Å². The van der Waals surface area contributed by atoms with Crippen molar-refractivity contribution in [1.82, 2.24) is 14.8 Å². The number of benzene rings is 2. The highest BCUT2D eigenvalue weighted by atomic mass is 19.1. The lowest BCUT2D eigenvalue weighted by atomic mass is 9.98. The van der Waals surface area contributed by atoms with Gasteiger partial charge in [0.15, 0.2) is 0 Å². The minimum atomic E-state index is -0.306. The van der Waals surface area contributed by atoms with Crippen LogP contribution in [-0.4, -0.2) is 47.0 Å². The van der Waals surface area contributed by atoms with Crippen LogP contribution in [0.3, 0.4) is 0 Å². The molecule has 3 aromatic rings. The van der Waals surface area contributed by atoms with Crippen LogP contribution in [0, 0.1) is 5.82 Å². The zero-order valence-corrected chi connectivity index (χ0v) is 15.9. The number of nitrogens with zero attached hydrogens (tertiary/aromatic N) is 4. The fourth-order valence-corrected chi connectivity index (χ4v) is 3.50. The van der Waals surface area contributed by atoms with Gasteiger partial charge in [0.25, 0.3) is 5.91 Å². The van der Waals surface area contributed by atoms with Crippen molar-refractivity contribution in [3.63, 3.8) is 0 Å². The highest BCUT2D eigenvalue weighted by molar-refractivity contribution is 6.02. The van der Waals surface area contributed by atoms with Gasteiger partial charge in [0.1, 0.15) is 12.4 Å². The third kappa shape index (κ3) is 3.59. The van der Waals surface area contributed by atoms with Gasteiger partial charge in [-0.25, -0.2) is 9.18 Å². The molecular formula is C22H19FN4O2. The molecule has 0 N–H and O–H groups in total. The minimum absolute atomic E-state index is 0.0918. The Hall–Kier alpha value is -3.61. The number of urea groups is 1. The lowest BCUT2D eigenvalue weighted by Crippen LogP contribution is -2.31. The highest BCUT2D eigenvalue weighted by Gasteiger charge is 2.33. The predicted octanol–water partition coefficient (Wildman–Crippen LogP) is 3.64. The molecule has 3 amide bonds. The van der Waals surface area contributed by atoms with Gasteiger partial charge in [0, 0.05) is 12.4 Å². The molecule has 2 heterocycles. The maximum atomic E-state index is 13.4. The van der Waals surface area contributed by atoms with E-state index in [0.29, 0.717) is 6.54 Å². The van der Waals surface area contributed by atoms with Gasteiger partial charge < -0.3 is 4.90 Å². The first-order chi connectivity index (χ1) is 14.0. The molecule has 0 atom stereocenters. The molecule has 1 fully saturated rings. The molecule has 1 saturated heterocycles. The van der Waals surface area contributed by atoms with Crippen LogP contribution in [-0.2, 0) is 17.9 Å². The van der Waals surface area contributed by atoms with Crippen LogP contribution in [0.2, 0.25) is 0 Å². The SMILES string of the molecule is C=NCc1cc(-c2ccc(F)cc2)c2ccc(CN3C(=O)CN(C)C3=O)cc2n1. The Morgan fingerprint density at radius 3 is 2.55 bits per heavy atom. The first kappa shape index (κ1) is 18.7. The summed E-state index contributed by atoms with van der Waals surface area (Å²) < 4.78 is 13.4. The smallest absolute Gasteiger partial charge is 0.318 e. The summed E-state index contributed by atoms with van der Waals surface area (Å²) in [5.41, 5.74) is 4.03. The van der Waals surface area contributed by atoms with Crippen molar-refractivity contribution >= 4 is 29.6 Å². The number of likely N-dealkylation sites (N-methyl/N-ethyl adjacent to an activating group) is 1. The molecular weight excluding hydrogens is 371 g/mol. The van der Waals surface area contributed by atoms with Gasteiger partial charge in [-0.15, -0.1) is 0 Å². The number of halogens is 1. The third-order valence-corrected chi connectivity index (χ3v) is 4.93. The molecule has 0 bridgehead atoms. The fraction of sp³-hybridized carbons (Fsp3) is 0.182. The number of rotatable bonds is 5. The molecule has 7 heteroatoms.